The first-order valence-corrected chi connectivity index (χ1v) is 6.97. The van der Waals surface area contributed by atoms with E-state index in [1.165, 1.54) is 6.92 Å². The molecule has 1 saturated heterocycles. The number of nitrogens with zero attached hydrogens (tertiary/aromatic N) is 1. The SMILES string of the molecule is CNC(=O)C1CCCN1C(=O)C(NC(C)=O)C(C)(C)C. The topological polar surface area (TPSA) is 78.5 Å². The van der Waals surface area contributed by atoms with E-state index >= 15 is 0 Å². The first-order valence-electron chi connectivity index (χ1n) is 6.97. The van der Waals surface area contributed by atoms with Crippen LogP contribution in [-0.4, -0.2) is 48.3 Å². The number of nitrogens with one attached hydrogen (secondary N) is 2. The van der Waals surface area contributed by atoms with Gasteiger partial charge in [-0.3, -0.25) is 14.4 Å². The van der Waals surface area contributed by atoms with Gasteiger partial charge in [0.05, 0.1) is 0 Å². The Labute approximate surface area is 120 Å². The van der Waals surface area contributed by atoms with E-state index < -0.39 is 17.5 Å². The second-order valence-corrected chi connectivity index (χ2v) is 6.30. The number of likely N-dealkylation sites (N-methyl/N-ethyl adjacent to an activating group) is 1. The second kappa shape index (κ2) is 6.24. The highest BCUT2D eigenvalue weighted by Gasteiger charge is 2.41. The van der Waals surface area contributed by atoms with Crippen molar-refractivity contribution in [2.45, 2.75) is 52.6 Å². The van der Waals surface area contributed by atoms with E-state index in [0.29, 0.717) is 13.0 Å². The molecule has 1 heterocycles. The minimum Gasteiger partial charge on any atom is -0.357 e. The highest BCUT2D eigenvalue weighted by molar-refractivity contribution is 5.92. The number of hydrogen-bond donors (Lipinski definition) is 2. The molecule has 2 atom stereocenters. The molecular formula is C14H25N3O3. The Hall–Kier alpha value is -1.59. The molecule has 6 heteroatoms. The Kier molecular flexibility index (Phi) is 5.14. The zero-order valence-electron chi connectivity index (χ0n) is 12.9. The van der Waals surface area contributed by atoms with Crippen molar-refractivity contribution in [2.24, 2.45) is 5.41 Å². The van der Waals surface area contributed by atoms with Crippen molar-refractivity contribution < 1.29 is 14.4 Å². The van der Waals surface area contributed by atoms with E-state index in [1.54, 1.807) is 11.9 Å². The Morgan fingerprint density at radius 1 is 1.25 bits per heavy atom. The average Bonchev–Trinajstić information content (AvgIpc) is 2.81. The predicted molar refractivity (Wildman–Crippen MR) is 75.9 cm³/mol. The summed E-state index contributed by atoms with van der Waals surface area (Å²) < 4.78 is 0. The Morgan fingerprint density at radius 2 is 1.85 bits per heavy atom. The fourth-order valence-corrected chi connectivity index (χ4v) is 2.49. The summed E-state index contributed by atoms with van der Waals surface area (Å²) in [6.45, 7) is 7.65. The third-order valence-electron chi connectivity index (χ3n) is 3.55. The third-order valence-corrected chi connectivity index (χ3v) is 3.55. The van der Waals surface area contributed by atoms with Crippen LogP contribution in [0.25, 0.3) is 0 Å². The molecular weight excluding hydrogens is 258 g/mol. The molecule has 2 N–H and O–H groups in total. The highest BCUT2D eigenvalue weighted by Crippen LogP contribution is 2.25. The van der Waals surface area contributed by atoms with Crippen LogP contribution in [0.15, 0.2) is 0 Å². The highest BCUT2D eigenvalue weighted by atomic mass is 16.2. The van der Waals surface area contributed by atoms with Crippen molar-refractivity contribution >= 4 is 17.7 Å². The Balaban J connectivity index is 2.94. The molecule has 0 spiro atoms. The molecule has 6 nitrogen and oxygen atoms in total. The Bertz CT molecular complexity index is 401. The number of carbonyl (C=O) groups excluding carboxylic acids is 3. The van der Waals surface area contributed by atoms with Crippen LogP contribution in [0.2, 0.25) is 0 Å². The molecule has 0 aliphatic carbocycles. The predicted octanol–water partition coefficient (Wildman–Crippen LogP) is 0.274. The molecule has 20 heavy (non-hydrogen) atoms. The normalized spacial score (nSPS) is 20.4. The zero-order valence-corrected chi connectivity index (χ0v) is 12.9. The number of likely N-dealkylation sites (tertiary alicyclic amines) is 1. The van der Waals surface area contributed by atoms with Crippen molar-refractivity contribution in [3.63, 3.8) is 0 Å². The standard InChI is InChI=1S/C14H25N3O3/c1-9(18)16-11(14(2,3)4)13(20)17-8-6-7-10(17)12(19)15-5/h10-11H,6-8H2,1-5H3,(H,15,19)(H,16,18). The van der Waals surface area contributed by atoms with E-state index in [1.807, 2.05) is 20.8 Å². The summed E-state index contributed by atoms with van der Waals surface area (Å²) in [5, 5.41) is 5.30. The van der Waals surface area contributed by atoms with Gasteiger partial charge in [0, 0.05) is 20.5 Å². The molecule has 0 aromatic rings. The van der Waals surface area contributed by atoms with Crippen molar-refractivity contribution in [2.75, 3.05) is 13.6 Å². The summed E-state index contributed by atoms with van der Waals surface area (Å²) in [4.78, 5) is 37.4. The van der Waals surface area contributed by atoms with Gasteiger partial charge in [0.25, 0.3) is 0 Å². The van der Waals surface area contributed by atoms with Crippen LogP contribution in [0.1, 0.15) is 40.5 Å². The maximum Gasteiger partial charge on any atom is 0.246 e. The minimum atomic E-state index is -0.620. The van der Waals surface area contributed by atoms with E-state index in [9.17, 15) is 14.4 Å². The number of hydrogen-bond acceptors (Lipinski definition) is 3. The van der Waals surface area contributed by atoms with E-state index in [-0.39, 0.29) is 17.7 Å². The van der Waals surface area contributed by atoms with Crippen LogP contribution < -0.4 is 10.6 Å². The maximum atomic E-state index is 12.7. The van der Waals surface area contributed by atoms with E-state index in [0.717, 1.165) is 6.42 Å². The van der Waals surface area contributed by atoms with E-state index in [4.69, 9.17) is 0 Å². The van der Waals surface area contributed by atoms with Crippen LogP contribution in [0, 0.1) is 5.41 Å². The molecule has 114 valence electrons. The number of amides is 3. The van der Waals surface area contributed by atoms with Gasteiger partial charge in [-0.15, -0.1) is 0 Å². The van der Waals surface area contributed by atoms with Gasteiger partial charge in [0.2, 0.25) is 17.7 Å². The molecule has 2 unspecified atom stereocenters. The summed E-state index contributed by atoms with van der Waals surface area (Å²) in [5.74, 6) is -0.570. The molecule has 0 aromatic carbocycles. The molecule has 1 aliphatic rings. The molecule has 0 radical (unpaired) electrons. The largest absolute Gasteiger partial charge is 0.357 e. The van der Waals surface area contributed by atoms with Crippen LogP contribution in [0.4, 0.5) is 0 Å². The van der Waals surface area contributed by atoms with Gasteiger partial charge in [-0.2, -0.15) is 0 Å². The van der Waals surface area contributed by atoms with Crippen LogP contribution in [-0.2, 0) is 14.4 Å². The van der Waals surface area contributed by atoms with Crippen molar-refractivity contribution in [3.05, 3.63) is 0 Å². The molecule has 1 fully saturated rings. The first-order chi connectivity index (χ1) is 9.18. The van der Waals surface area contributed by atoms with E-state index in [2.05, 4.69) is 10.6 Å². The third kappa shape index (κ3) is 3.71. The van der Waals surface area contributed by atoms with Gasteiger partial charge < -0.3 is 15.5 Å². The Morgan fingerprint density at radius 3 is 2.30 bits per heavy atom. The van der Waals surface area contributed by atoms with Gasteiger partial charge in [0.15, 0.2) is 0 Å². The van der Waals surface area contributed by atoms with Gasteiger partial charge in [-0.05, 0) is 18.3 Å². The fourth-order valence-electron chi connectivity index (χ4n) is 2.49. The summed E-state index contributed by atoms with van der Waals surface area (Å²) in [6, 6.07) is -1.05. The average molecular weight is 283 g/mol. The monoisotopic (exact) mass is 283 g/mol. The maximum absolute atomic E-state index is 12.7. The van der Waals surface area contributed by atoms with Crippen molar-refractivity contribution in [1.82, 2.24) is 15.5 Å². The molecule has 0 aromatic heterocycles. The molecule has 0 saturated carbocycles. The zero-order chi connectivity index (χ0) is 15.5. The molecule has 3 amide bonds. The fraction of sp³-hybridized carbons (Fsp3) is 0.786. The quantitative estimate of drug-likeness (QED) is 0.780. The van der Waals surface area contributed by atoms with Gasteiger partial charge in [-0.1, -0.05) is 20.8 Å². The molecule has 1 aliphatic heterocycles. The summed E-state index contributed by atoms with van der Waals surface area (Å²) >= 11 is 0. The van der Waals surface area contributed by atoms with Gasteiger partial charge >= 0.3 is 0 Å². The second-order valence-electron chi connectivity index (χ2n) is 6.30. The smallest absolute Gasteiger partial charge is 0.246 e. The number of carbonyl (C=O) groups is 3. The summed E-state index contributed by atoms with van der Waals surface area (Å²) in [5.41, 5.74) is -0.404. The minimum absolute atomic E-state index is 0.147. The molecule has 1 rings (SSSR count). The van der Waals surface area contributed by atoms with Crippen LogP contribution in [0.5, 0.6) is 0 Å². The van der Waals surface area contributed by atoms with Crippen LogP contribution in [0.3, 0.4) is 0 Å². The summed E-state index contributed by atoms with van der Waals surface area (Å²) in [7, 11) is 1.57. The van der Waals surface area contributed by atoms with Crippen molar-refractivity contribution in [1.29, 1.82) is 0 Å². The van der Waals surface area contributed by atoms with Crippen molar-refractivity contribution in [3.8, 4) is 0 Å². The molecule has 0 bridgehead atoms. The summed E-state index contributed by atoms with van der Waals surface area (Å²) in [6.07, 6.45) is 1.48. The lowest BCUT2D eigenvalue weighted by Crippen LogP contribution is -2.57. The lowest BCUT2D eigenvalue weighted by molar-refractivity contribution is -0.143. The lowest BCUT2D eigenvalue weighted by atomic mass is 9.85. The first kappa shape index (κ1) is 16.5. The lowest BCUT2D eigenvalue weighted by Gasteiger charge is -2.35. The number of rotatable bonds is 3. The van der Waals surface area contributed by atoms with Gasteiger partial charge in [0.1, 0.15) is 12.1 Å². The van der Waals surface area contributed by atoms with Gasteiger partial charge in [-0.25, -0.2) is 0 Å². The van der Waals surface area contributed by atoms with Crippen LogP contribution >= 0.6 is 0 Å².